The number of thiophene rings is 1. The summed E-state index contributed by atoms with van der Waals surface area (Å²) in [6.07, 6.45) is 0.976. The third-order valence-corrected chi connectivity index (χ3v) is 6.52. The lowest BCUT2D eigenvalue weighted by Crippen LogP contribution is -2.45. The van der Waals surface area contributed by atoms with Crippen LogP contribution in [0.3, 0.4) is 0 Å². The van der Waals surface area contributed by atoms with E-state index in [0.29, 0.717) is 12.3 Å². The number of nitrogens with one attached hydrogen (secondary N) is 2. The Hall–Kier alpha value is -3.16. The number of nitrogens with zero attached hydrogens (tertiary/aromatic N) is 1. The molecule has 1 aromatic heterocycles. The molecule has 6 nitrogen and oxygen atoms in total. The van der Waals surface area contributed by atoms with E-state index in [1.165, 1.54) is 11.1 Å². The number of ether oxygens (including phenoxy) is 1. The molecular formula is C25H27N3O3S. The summed E-state index contributed by atoms with van der Waals surface area (Å²) in [4.78, 5) is 27.3. The van der Waals surface area contributed by atoms with Crippen LogP contribution in [0.4, 0.5) is 0 Å². The summed E-state index contributed by atoms with van der Waals surface area (Å²) in [5.74, 6) is -0.599. The van der Waals surface area contributed by atoms with Gasteiger partial charge in [-0.25, -0.2) is 0 Å². The Morgan fingerprint density at radius 3 is 2.56 bits per heavy atom. The lowest BCUT2D eigenvalue weighted by atomic mass is 9.97. The molecule has 3 aromatic rings. The van der Waals surface area contributed by atoms with E-state index in [0.717, 1.165) is 30.6 Å². The number of rotatable bonds is 7. The SMILES string of the molecule is COc1ccccc1CNC(=O)C(=O)NCC(c1ccsc1)N1CCc2ccccc2C1. The molecule has 2 N–H and O–H groups in total. The summed E-state index contributed by atoms with van der Waals surface area (Å²) >= 11 is 1.64. The summed E-state index contributed by atoms with van der Waals surface area (Å²) in [5, 5.41) is 9.67. The van der Waals surface area contributed by atoms with Crippen molar-refractivity contribution in [1.29, 1.82) is 0 Å². The van der Waals surface area contributed by atoms with Crippen LogP contribution in [0.1, 0.15) is 28.3 Å². The molecule has 0 fully saturated rings. The van der Waals surface area contributed by atoms with E-state index >= 15 is 0 Å². The summed E-state index contributed by atoms with van der Waals surface area (Å²) in [6.45, 7) is 2.34. The van der Waals surface area contributed by atoms with Crippen LogP contribution in [0.2, 0.25) is 0 Å². The van der Waals surface area contributed by atoms with Gasteiger partial charge in [-0.2, -0.15) is 11.3 Å². The average Bonchev–Trinajstić information content (AvgIpc) is 3.37. The average molecular weight is 450 g/mol. The van der Waals surface area contributed by atoms with Crippen molar-refractivity contribution < 1.29 is 14.3 Å². The lowest BCUT2D eigenvalue weighted by molar-refractivity contribution is -0.139. The highest BCUT2D eigenvalue weighted by atomic mass is 32.1. The van der Waals surface area contributed by atoms with Crippen molar-refractivity contribution in [3.63, 3.8) is 0 Å². The van der Waals surface area contributed by atoms with Crippen molar-refractivity contribution in [1.82, 2.24) is 15.5 Å². The molecule has 32 heavy (non-hydrogen) atoms. The van der Waals surface area contributed by atoms with Gasteiger partial charge in [-0.05, 0) is 46.0 Å². The quantitative estimate of drug-likeness (QED) is 0.543. The van der Waals surface area contributed by atoms with E-state index < -0.39 is 11.8 Å². The van der Waals surface area contributed by atoms with Crippen LogP contribution in [0.25, 0.3) is 0 Å². The van der Waals surface area contributed by atoms with E-state index in [-0.39, 0.29) is 12.6 Å². The highest BCUT2D eigenvalue weighted by molar-refractivity contribution is 7.08. The molecule has 7 heteroatoms. The highest BCUT2D eigenvalue weighted by Crippen LogP contribution is 2.28. The van der Waals surface area contributed by atoms with E-state index in [1.807, 2.05) is 29.6 Å². The monoisotopic (exact) mass is 449 g/mol. The first-order chi connectivity index (χ1) is 15.7. The Balaban J connectivity index is 1.37. The molecule has 0 spiro atoms. The van der Waals surface area contributed by atoms with Gasteiger partial charge in [-0.3, -0.25) is 14.5 Å². The first-order valence-corrected chi connectivity index (χ1v) is 11.6. The molecule has 0 aliphatic carbocycles. The largest absolute Gasteiger partial charge is 0.496 e. The fourth-order valence-corrected chi connectivity index (χ4v) is 4.79. The maximum Gasteiger partial charge on any atom is 0.309 e. The van der Waals surface area contributed by atoms with Gasteiger partial charge in [0, 0.05) is 31.7 Å². The molecule has 0 saturated heterocycles. The fraction of sp³-hybridized carbons (Fsp3) is 0.280. The summed E-state index contributed by atoms with van der Waals surface area (Å²) in [6, 6.07) is 18.0. The molecular weight excluding hydrogens is 422 g/mol. The second-order valence-electron chi connectivity index (χ2n) is 7.77. The minimum Gasteiger partial charge on any atom is -0.496 e. The van der Waals surface area contributed by atoms with Crippen molar-refractivity contribution in [3.05, 3.63) is 87.6 Å². The van der Waals surface area contributed by atoms with Crippen LogP contribution in [-0.2, 0) is 29.1 Å². The Labute approximate surface area is 192 Å². The van der Waals surface area contributed by atoms with E-state index in [2.05, 4.69) is 51.2 Å². The minimum atomic E-state index is -0.649. The molecule has 0 radical (unpaired) electrons. The van der Waals surface area contributed by atoms with E-state index in [9.17, 15) is 9.59 Å². The first-order valence-electron chi connectivity index (χ1n) is 10.7. The lowest BCUT2D eigenvalue weighted by Gasteiger charge is -2.35. The molecule has 0 saturated carbocycles. The Morgan fingerprint density at radius 1 is 1.03 bits per heavy atom. The number of hydrogen-bond donors (Lipinski definition) is 2. The second kappa shape index (κ2) is 10.4. The second-order valence-corrected chi connectivity index (χ2v) is 8.55. The van der Waals surface area contributed by atoms with Gasteiger partial charge in [0.05, 0.1) is 13.2 Å². The molecule has 1 aliphatic rings. The number of amides is 2. The smallest absolute Gasteiger partial charge is 0.309 e. The zero-order valence-corrected chi connectivity index (χ0v) is 18.9. The third kappa shape index (κ3) is 5.18. The minimum absolute atomic E-state index is 0.0144. The maximum absolute atomic E-state index is 12.5. The number of hydrogen-bond acceptors (Lipinski definition) is 5. The molecule has 2 heterocycles. The van der Waals surface area contributed by atoms with Crippen LogP contribution in [0, 0.1) is 0 Å². The number of methoxy groups -OCH3 is 1. The van der Waals surface area contributed by atoms with Crippen molar-refractivity contribution in [2.75, 3.05) is 20.2 Å². The highest BCUT2D eigenvalue weighted by Gasteiger charge is 2.26. The van der Waals surface area contributed by atoms with E-state index in [4.69, 9.17) is 4.74 Å². The fourth-order valence-electron chi connectivity index (χ4n) is 4.08. The molecule has 1 unspecified atom stereocenters. The van der Waals surface area contributed by atoms with Gasteiger partial charge in [0.1, 0.15) is 5.75 Å². The van der Waals surface area contributed by atoms with Gasteiger partial charge in [0.2, 0.25) is 0 Å². The van der Waals surface area contributed by atoms with Gasteiger partial charge in [0.25, 0.3) is 0 Å². The van der Waals surface area contributed by atoms with Gasteiger partial charge < -0.3 is 15.4 Å². The van der Waals surface area contributed by atoms with Crippen LogP contribution < -0.4 is 15.4 Å². The molecule has 0 bridgehead atoms. The molecule has 1 aliphatic heterocycles. The van der Waals surface area contributed by atoms with E-state index in [1.54, 1.807) is 18.4 Å². The number of fused-ring (bicyclic) bond motifs is 1. The van der Waals surface area contributed by atoms with Crippen molar-refractivity contribution in [3.8, 4) is 5.75 Å². The summed E-state index contributed by atoms with van der Waals surface area (Å²) in [7, 11) is 1.58. The van der Waals surface area contributed by atoms with Crippen molar-refractivity contribution in [2.24, 2.45) is 0 Å². The van der Waals surface area contributed by atoms with Crippen molar-refractivity contribution in [2.45, 2.75) is 25.6 Å². The van der Waals surface area contributed by atoms with Gasteiger partial charge in [-0.1, -0.05) is 42.5 Å². The Bertz CT molecular complexity index is 1070. The molecule has 166 valence electrons. The number of benzene rings is 2. The van der Waals surface area contributed by atoms with Crippen LogP contribution in [-0.4, -0.2) is 36.9 Å². The van der Waals surface area contributed by atoms with Crippen LogP contribution in [0.5, 0.6) is 5.75 Å². The Morgan fingerprint density at radius 2 is 1.78 bits per heavy atom. The normalized spacial score (nSPS) is 14.3. The topological polar surface area (TPSA) is 70.7 Å². The number of para-hydroxylation sites is 1. The van der Waals surface area contributed by atoms with Gasteiger partial charge in [0.15, 0.2) is 0 Å². The molecule has 2 aromatic carbocycles. The molecule has 1 atom stereocenters. The van der Waals surface area contributed by atoms with Gasteiger partial charge >= 0.3 is 11.8 Å². The Kier molecular flexibility index (Phi) is 7.19. The molecule has 4 rings (SSSR count). The zero-order chi connectivity index (χ0) is 22.3. The standard InChI is InChI=1S/C25H27N3O3S/c1-31-23-9-5-4-7-19(23)14-26-24(29)25(30)27-15-22(21-11-13-32-17-21)28-12-10-18-6-2-3-8-20(18)16-28/h2-9,11,13,17,22H,10,12,14-16H2,1H3,(H,26,29)(H,27,30). The molecule has 2 amide bonds. The zero-order valence-electron chi connectivity index (χ0n) is 18.0. The summed E-state index contributed by atoms with van der Waals surface area (Å²) < 4.78 is 5.29. The number of carbonyl (C=O) groups excluding carboxylic acids is 2. The predicted octanol–water partition coefficient (Wildman–Crippen LogP) is 3.29. The predicted molar refractivity (Wildman–Crippen MR) is 125 cm³/mol. The van der Waals surface area contributed by atoms with Crippen LogP contribution >= 0.6 is 11.3 Å². The maximum atomic E-state index is 12.5. The van der Waals surface area contributed by atoms with Gasteiger partial charge in [-0.15, -0.1) is 0 Å². The summed E-state index contributed by atoms with van der Waals surface area (Å²) in [5.41, 5.74) is 4.68. The van der Waals surface area contributed by atoms with Crippen LogP contribution in [0.15, 0.2) is 65.4 Å². The first kappa shape index (κ1) is 22.0. The van der Waals surface area contributed by atoms with Crippen molar-refractivity contribution >= 4 is 23.2 Å². The third-order valence-electron chi connectivity index (χ3n) is 5.82. The number of carbonyl (C=O) groups is 2.